The average molecular weight is 155 g/mol. The minimum atomic E-state index is -1.56. The molecule has 0 heterocycles. The van der Waals surface area contributed by atoms with Crippen LogP contribution in [0.4, 0.5) is 0 Å². The molecule has 1 nitrogen and oxygen atoms in total. The van der Waals surface area contributed by atoms with Crippen LogP contribution in [0.3, 0.4) is 0 Å². The van der Waals surface area contributed by atoms with E-state index in [2.05, 4.69) is 38.6 Å². The predicted octanol–water partition coefficient (Wildman–Crippen LogP) is -0.742. The monoisotopic (exact) mass is 155 g/mol. The largest absolute Gasteiger partial charge is 0.216 e. The van der Waals surface area contributed by atoms with Gasteiger partial charge in [0.25, 0.3) is 0 Å². The van der Waals surface area contributed by atoms with Crippen molar-refractivity contribution < 1.29 is 0 Å². The molecule has 0 aliphatic heterocycles. The Balaban J connectivity index is 4.25. The summed E-state index contributed by atoms with van der Waals surface area (Å²) < 4.78 is 3.32. The summed E-state index contributed by atoms with van der Waals surface area (Å²) in [6.45, 7) is 0. The van der Waals surface area contributed by atoms with Gasteiger partial charge in [0, 0.05) is 12.4 Å². The third-order valence-corrected chi connectivity index (χ3v) is 2.31. The zero-order chi connectivity index (χ0) is 5.21. The van der Waals surface area contributed by atoms with Gasteiger partial charge in [-0.3, -0.25) is 0 Å². The molecular weight excluding hydrogens is 153 g/mol. The first kappa shape index (κ1) is 6.87. The van der Waals surface area contributed by atoms with E-state index in [9.17, 15) is 0 Å². The molecule has 0 radical (unpaired) electrons. The van der Waals surface area contributed by atoms with Crippen molar-refractivity contribution in [3.8, 4) is 0 Å². The molecule has 0 atom stereocenters. The average Bonchev–Trinajstić information content (AvgIpc) is 1.35. The maximum Gasteiger partial charge on any atom is 0.216 e. The van der Waals surface area contributed by atoms with E-state index >= 15 is 0 Å². The van der Waals surface area contributed by atoms with Gasteiger partial charge in [0.2, 0.25) is 7.12 Å². The molecule has 0 rings (SSSR count). The number of rotatable bonds is 1. The van der Waals surface area contributed by atoms with Crippen LogP contribution in [0.1, 0.15) is 0 Å². The van der Waals surface area contributed by atoms with E-state index in [0.717, 1.165) is 0 Å². The smallest absolute Gasteiger partial charge is 0.153 e. The Bertz CT molecular complexity index is 118. The van der Waals surface area contributed by atoms with Crippen LogP contribution >= 0.6 is 0 Å². The van der Waals surface area contributed by atoms with Crippen molar-refractivity contribution in [2.75, 3.05) is 0 Å². The highest BCUT2D eigenvalue weighted by molar-refractivity contribution is 8.66. The lowest BCUT2D eigenvalue weighted by atomic mass is 10.8. The Morgan fingerprint density at radius 1 is 1.50 bits per heavy atom. The van der Waals surface area contributed by atoms with E-state index in [1.165, 1.54) is 0 Å². The van der Waals surface area contributed by atoms with Crippen LogP contribution in [0, 0.1) is 0 Å². The second-order valence-corrected chi connectivity index (χ2v) is 7.40. The molecule has 0 saturated heterocycles. The highest BCUT2D eigenvalue weighted by Gasteiger charge is 1.78. The van der Waals surface area contributed by atoms with Gasteiger partial charge in [-0.2, -0.15) is 3.77 Å². The molecule has 0 saturated carbocycles. The highest BCUT2D eigenvalue weighted by atomic mass is 33.1. The third-order valence-electron chi connectivity index (χ3n) is 0.135. The maximum absolute atomic E-state index is 4.61. The summed E-state index contributed by atoms with van der Waals surface area (Å²) in [5.41, 5.74) is 0. The van der Waals surface area contributed by atoms with E-state index in [4.69, 9.17) is 0 Å². The van der Waals surface area contributed by atoms with Gasteiger partial charge >= 0.3 is 0 Å². The van der Waals surface area contributed by atoms with E-state index < -0.39 is 7.18 Å². The van der Waals surface area contributed by atoms with Gasteiger partial charge in [0.05, 0.1) is 0 Å². The van der Waals surface area contributed by atoms with Gasteiger partial charge in [-0.05, 0) is 29.6 Å². The summed E-state index contributed by atoms with van der Waals surface area (Å²) in [5.74, 6) is 0. The van der Waals surface area contributed by atoms with E-state index in [-0.39, 0.29) is 0 Å². The molecule has 0 aromatic rings. The Hall–Kier alpha value is 0.875. The Morgan fingerprint density at radius 3 is 1.67 bits per heavy atom. The highest BCUT2D eigenvalue weighted by Crippen LogP contribution is 1.78. The Kier molecular flexibility index (Phi) is 2.58. The first-order valence-electron chi connectivity index (χ1n) is 1.11. The summed E-state index contributed by atoms with van der Waals surface area (Å²) in [6, 6.07) is 0. The Morgan fingerprint density at radius 2 is 1.67 bits per heavy atom. The number of hydrogen-bond donors (Lipinski definition) is 0. The summed E-state index contributed by atoms with van der Waals surface area (Å²) in [5, 5.41) is 0. The Labute approximate surface area is 52.9 Å². The molecule has 0 amide bonds. The van der Waals surface area contributed by atoms with Crippen molar-refractivity contribution >= 4 is 49.1 Å². The predicted molar refractivity (Wildman–Crippen MR) is 40.4 cm³/mol. The molecule has 6 heteroatoms. The molecule has 0 aliphatic rings. The van der Waals surface area contributed by atoms with E-state index in [0.29, 0.717) is 0 Å². The molecule has 0 aromatic carbocycles. The molecule has 0 unspecified atom stereocenters. The van der Waals surface area contributed by atoms with Crippen LogP contribution in [-0.2, 0) is 42.0 Å². The fourth-order valence-electron chi connectivity index (χ4n) is 0. The van der Waals surface area contributed by atoms with Gasteiger partial charge in [0.1, 0.15) is 0 Å². The zero-order valence-corrected chi connectivity index (χ0v) is 6.35. The van der Waals surface area contributed by atoms with Crippen molar-refractivity contribution in [1.82, 2.24) is 0 Å². The summed E-state index contributed by atoms with van der Waals surface area (Å²) in [7, 11) is 0.130. The summed E-state index contributed by atoms with van der Waals surface area (Å²) in [6.07, 6.45) is 0. The molecule has 0 N–H and O–H groups in total. The fourth-order valence-corrected chi connectivity index (χ4v) is 0. The van der Waals surface area contributed by atoms with Crippen LogP contribution in [0.5, 0.6) is 0 Å². The van der Waals surface area contributed by atoms with Crippen molar-refractivity contribution in [2.24, 2.45) is 3.77 Å². The zero-order valence-electron chi connectivity index (χ0n) is 3.08. The quantitative estimate of drug-likeness (QED) is 0.462. The van der Waals surface area contributed by atoms with Crippen LogP contribution in [0.2, 0.25) is 0 Å². The first-order chi connectivity index (χ1) is 2.56. The third kappa shape index (κ3) is 4.87. The molecule has 34 valence electrons. The second-order valence-electron chi connectivity index (χ2n) is 0.808. The minimum absolute atomic E-state index is 1.56. The summed E-state index contributed by atoms with van der Waals surface area (Å²) >= 11 is 13.5. The van der Waals surface area contributed by atoms with Crippen LogP contribution in [-0.4, -0.2) is 7.12 Å². The van der Waals surface area contributed by atoms with Crippen molar-refractivity contribution in [3.63, 3.8) is 0 Å². The van der Waals surface area contributed by atoms with Crippen molar-refractivity contribution in [3.05, 3.63) is 0 Å². The van der Waals surface area contributed by atoms with Crippen molar-refractivity contribution in [1.29, 1.82) is 0 Å². The molecule has 0 aliphatic carbocycles. The van der Waals surface area contributed by atoms with Gasteiger partial charge < -0.3 is 0 Å². The molecule has 0 spiro atoms. The van der Waals surface area contributed by atoms with Gasteiger partial charge in [0.15, 0.2) is 0 Å². The molecule has 0 bridgehead atoms. The van der Waals surface area contributed by atoms with Crippen LogP contribution in [0.25, 0.3) is 0 Å². The molecule has 0 fully saturated rings. The second kappa shape index (κ2) is 2.25. The molecular formula is H2BNS4. The first-order valence-corrected chi connectivity index (χ1v) is 5.32. The van der Waals surface area contributed by atoms with Gasteiger partial charge in [-0.1, -0.05) is 0 Å². The topological polar surface area (TPSA) is 12.4 Å². The lowest BCUT2D eigenvalue weighted by molar-refractivity contribution is 2.12. The normalized spacial score (nSPS) is 10.7. The lowest BCUT2D eigenvalue weighted by Gasteiger charge is -1.81. The number of nitrogens with zero attached hydrogens (tertiary/aromatic N) is 1. The summed E-state index contributed by atoms with van der Waals surface area (Å²) in [4.78, 5) is 0. The van der Waals surface area contributed by atoms with E-state index in [1.807, 2.05) is 0 Å². The molecule has 0 aromatic heterocycles. The van der Waals surface area contributed by atoms with Crippen LogP contribution in [0.15, 0.2) is 3.77 Å². The minimum Gasteiger partial charge on any atom is -0.153 e. The van der Waals surface area contributed by atoms with Crippen LogP contribution < -0.4 is 0 Å². The molecule has 6 heavy (non-hydrogen) atoms. The maximum atomic E-state index is 4.61. The number of hydrogen-bond acceptors (Lipinski definition) is 3. The SMILES string of the molecule is BS(=S)(=S)N=S. The standard InChI is InChI=1S/BH2NS4/c1-6(4,5)2-3/h1H2. The fraction of sp³-hybridized carbons (Fsp3) is 0. The van der Waals surface area contributed by atoms with Crippen molar-refractivity contribution in [2.45, 2.75) is 0 Å². The van der Waals surface area contributed by atoms with E-state index in [1.54, 1.807) is 7.12 Å². The lowest BCUT2D eigenvalue weighted by Crippen LogP contribution is -1.82. The van der Waals surface area contributed by atoms with Gasteiger partial charge in [-0.25, -0.2) is 0 Å². The van der Waals surface area contributed by atoms with Gasteiger partial charge in [-0.15, -0.1) is 0 Å².